The number of benzene rings is 1. The summed E-state index contributed by atoms with van der Waals surface area (Å²) >= 11 is 3.39. The van der Waals surface area contributed by atoms with Crippen LogP contribution < -0.4 is 5.73 Å². The van der Waals surface area contributed by atoms with E-state index in [9.17, 15) is 5.11 Å². The number of nitrogens with two attached hydrogens (primary N) is 1. The quantitative estimate of drug-likeness (QED) is 0.851. The van der Waals surface area contributed by atoms with Gasteiger partial charge in [-0.25, -0.2) is 0 Å². The van der Waals surface area contributed by atoms with Gasteiger partial charge in [0, 0.05) is 10.2 Å². The largest absolute Gasteiger partial charge is 0.469 e. The molecule has 3 nitrogen and oxygen atoms in total. The summed E-state index contributed by atoms with van der Waals surface area (Å²) in [7, 11) is 0. The molecule has 0 amide bonds. The molecule has 3 N–H and O–H groups in total. The molecule has 1 unspecified atom stereocenters. The summed E-state index contributed by atoms with van der Waals surface area (Å²) in [6.07, 6.45) is 1.59. The van der Waals surface area contributed by atoms with Crippen LogP contribution in [0, 0.1) is 0 Å². The Labute approximate surface area is 102 Å². The second-order valence-electron chi connectivity index (χ2n) is 3.52. The third kappa shape index (κ3) is 2.13. The number of furan rings is 1. The van der Waals surface area contributed by atoms with Crippen molar-refractivity contribution >= 4 is 21.6 Å². The van der Waals surface area contributed by atoms with Gasteiger partial charge in [0.25, 0.3) is 0 Å². The number of rotatable bonds is 3. The molecule has 0 aliphatic rings. The molecule has 2 rings (SSSR count). The number of nitrogen functional groups attached to an aromatic ring is 1. The molecule has 1 aromatic heterocycles. The maximum Gasteiger partial charge on any atom is 0.113 e. The molecular weight excluding hydrogens is 270 g/mol. The maximum atomic E-state index is 9.44. The van der Waals surface area contributed by atoms with Crippen molar-refractivity contribution in [3.63, 3.8) is 0 Å². The summed E-state index contributed by atoms with van der Waals surface area (Å²) in [5.74, 6) is 0.500. The van der Waals surface area contributed by atoms with Crippen molar-refractivity contribution in [2.75, 3.05) is 12.3 Å². The highest BCUT2D eigenvalue weighted by molar-refractivity contribution is 9.10. The van der Waals surface area contributed by atoms with Gasteiger partial charge in [-0.05, 0) is 35.9 Å². The van der Waals surface area contributed by atoms with Crippen LogP contribution in [0.15, 0.2) is 45.5 Å². The van der Waals surface area contributed by atoms with E-state index in [2.05, 4.69) is 15.9 Å². The second-order valence-corrected chi connectivity index (χ2v) is 4.44. The highest BCUT2D eigenvalue weighted by Crippen LogP contribution is 2.31. The Bertz CT molecular complexity index is 468. The number of anilines is 1. The van der Waals surface area contributed by atoms with Crippen LogP contribution in [0.1, 0.15) is 17.2 Å². The van der Waals surface area contributed by atoms with Gasteiger partial charge in [-0.15, -0.1) is 0 Å². The van der Waals surface area contributed by atoms with Crippen molar-refractivity contribution < 1.29 is 9.52 Å². The van der Waals surface area contributed by atoms with Crippen molar-refractivity contribution in [3.05, 3.63) is 52.4 Å². The van der Waals surface area contributed by atoms with E-state index >= 15 is 0 Å². The molecular formula is C12H12BrNO2. The molecule has 16 heavy (non-hydrogen) atoms. The van der Waals surface area contributed by atoms with Crippen molar-refractivity contribution in [3.8, 4) is 0 Å². The van der Waals surface area contributed by atoms with E-state index in [1.54, 1.807) is 12.3 Å². The van der Waals surface area contributed by atoms with E-state index < -0.39 is 0 Å². The Hall–Kier alpha value is -1.26. The fourth-order valence-electron chi connectivity index (χ4n) is 1.68. The predicted molar refractivity (Wildman–Crippen MR) is 66.2 cm³/mol. The molecule has 1 heterocycles. The predicted octanol–water partition coefficient (Wildman–Crippen LogP) is 2.75. The van der Waals surface area contributed by atoms with Crippen LogP contribution >= 0.6 is 15.9 Å². The van der Waals surface area contributed by atoms with Crippen molar-refractivity contribution in [1.29, 1.82) is 0 Å². The fourth-order valence-corrected chi connectivity index (χ4v) is 2.06. The summed E-state index contributed by atoms with van der Waals surface area (Å²) in [5, 5.41) is 9.44. The topological polar surface area (TPSA) is 59.4 Å². The third-order valence-electron chi connectivity index (χ3n) is 2.49. The van der Waals surface area contributed by atoms with Gasteiger partial charge in [-0.3, -0.25) is 0 Å². The number of aliphatic hydroxyl groups excluding tert-OH is 1. The first-order chi connectivity index (χ1) is 7.72. The fraction of sp³-hybridized carbons (Fsp3) is 0.167. The molecule has 2 aromatic rings. The summed E-state index contributed by atoms with van der Waals surface area (Å²) < 4.78 is 6.24. The standard InChI is InChI=1S/C12H12BrNO2/c13-8-3-4-11(14)9(6-8)10(7-15)12-2-1-5-16-12/h1-6,10,15H,7,14H2. The number of hydrogen-bond donors (Lipinski definition) is 2. The van der Waals surface area contributed by atoms with Crippen LogP contribution in [-0.4, -0.2) is 11.7 Å². The highest BCUT2D eigenvalue weighted by Gasteiger charge is 2.18. The Kier molecular flexibility index (Phi) is 3.31. The van der Waals surface area contributed by atoms with E-state index in [1.807, 2.05) is 24.3 Å². The first kappa shape index (κ1) is 11.2. The summed E-state index contributed by atoms with van der Waals surface area (Å²) in [6.45, 7) is -0.0336. The molecule has 0 aliphatic heterocycles. The number of hydrogen-bond acceptors (Lipinski definition) is 3. The highest BCUT2D eigenvalue weighted by atomic mass is 79.9. The van der Waals surface area contributed by atoms with E-state index in [0.717, 1.165) is 10.0 Å². The smallest absolute Gasteiger partial charge is 0.113 e. The molecule has 0 radical (unpaired) electrons. The average Bonchev–Trinajstić information content (AvgIpc) is 2.78. The lowest BCUT2D eigenvalue weighted by atomic mass is 9.96. The zero-order valence-electron chi connectivity index (χ0n) is 8.56. The molecule has 1 atom stereocenters. The lowest BCUT2D eigenvalue weighted by Crippen LogP contribution is -2.08. The van der Waals surface area contributed by atoms with E-state index in [1.165, 1.54) is 0 Å². The van der Waals surface area contributed by atoms with Crippen LogP contribution in [-0.2, 0) is 0 Å². The molecule has 0 fully saturated rings. The normalized spacial score (nSPS) is 12.6. The summed E-state index contributed by atoms with van der Waals surface area (Å²) in [6, 6.07) is 9.21. The van der Waals surface area contributed by atoms with Gasteiger partial charge in [0.05, 0.1) is 18.8 Å². The number of aliphatic hydroxyl groups is 1. The SMILES string of the molecule is Nc1ccc(Br)cc1C(CO)c1ccco1. The molecule has 0 spiro atoms. The summed E-state index contributed by atoms with van der Waals surface area (Å²) in [4.78, 5) is 0. The van der Waals surface area contributed by atoms with Crippen molar-refractivity contribution in [1.82, 2.24) is 0 Å². The Morgan fingerprint density at radius 1 is 1.38 bits per heavy atom. The Morgan fingerprint density at radius 2 is 2.19 bits per heavy atom. The number of halogens is 1. The van der Waals surface area contributed by atoms with Crippen LogP contribution in [0.5, 0.6) is 0 Å². The molecule has 0 aliphatic carbocycles. The van der Waals surface area contributed by atoms with Crippen LogP contribution in [0.3, 0.4) is 0 Å². The van der Waals surface area contributed by atoms with Gasteiger partial charge in [-0.1, -0.05) is 15.9 Å². The molecule has 0 saturated heterocycles. The first-order valence-electron chi connectivity index (χ1n) is 4.91. The maximum absolute atomic E-state index is 9.44. The average molecular weight is 282 g/mol. The van der Waals surface area contributed by atoms with Gasteiger partial charge in [0.2, 0.25) is 0 Å². The summed E-state index contributed by atoms with van der Waals surface area (Å²) in [5.41, 5.74) is 7.42. The minimum Gasteiger partial charge on any atom is -0.469 e. The van der Waals surface area contributed by atoms with Gasteiger partial charge in [0.1, 0.15) is 5.76 Å². The lowest BCUT2D eigenvalue weighted by molar-refractivity contribution is 0.266. The monoisotopic (exact) mass is 281 g/mol. The van der Waals surface area contributed by atoms with E-state index in [-0.39, 0.29) is 12.5 Å². The molecule has 84 valence electrons. The second kappa shape index (κ2) is 4.72. The minimum absolute atomic E-state index is 0.0336. The molecule has 0 bridgehead atoms. The Balaban J connectivity index is 2.44. The van der Waals surface area contributed by atoms with Gasteiger partial charge < -0.3 is 15.3 Å². The van der Waals surface area contributed by atoms with Crippen molar-refractivity contribution in [2.24, 2.45) is 0 Å². The Morgan fingerprint density at radius 3 is 2.81 bits per heavy atom. The molecule has 4 heteroatoms. The molecule has 0 saturated carbocycles. The zero-order valence-corrected chi connectivity index (χ0v) is 10.1. The van der Waals surface area contributed by atoms with Crippen LogP contribution in [0.25, 0.3) is 0 Å². The zero-order chi connectivity index (χ0) is 11.5. The van der Waals surface area contributed by atoms with Crippen LogP contribution in [0.2, 0.25) is 0 Å². The van der Waals surface area contributed by atoms with E-state index in [4.69, 9.17) is 10.2 Å². The van der Waals surface area contributed by atoms with E-state index in [0.29, 0.717) is 11.4 Å². The van der Waals surface area contributed by atoms with Gasteiger partial charge in [-0.2, -0.15) is 0 Å². The lowest BCUT2D eigenvalue weighted by Gasteiger charge is -2.14. The first-order valence-corrected chi connectivity index (χ1v) is 5.71. The van der Waals surface area contributed by atoms with Gasteiger partial charge in [0.15, 0.2) is 0 Å². The van der Waals surface area contributed by atoms with Crippen LogP contribution in [0.4, 0.5) is 5.69 Å². The van der Waals surface area contributed by atoms with Gasteiger partial charge >= 0.3 is 0 Å². The van der Waals surface area contributed by atoms with Crippen molar-refractivity contribution in [2.45, 2.75) is 5.92 Å². The third-order valence-corrected chi connectivity index (χ3v) is 2.99. The molecule has 1 aromatic carbocycles. The minimum atomic E-state index is -0.215.